The number of para-hydroxylation sites is 4. The average molecular weight is 789 g/mol. The molecule has 0 aliphatic heterocycles. The second kappa shape index (κ2) is 13.6. The number of hydrogen-bond donors (Lipinski definition) is 0. The van der Waals surface area contributed by atoms with Crippen molar-refractivity contribution in [3.05, 3.63) is 218 Å². The Hall–Kier alpha value is -8.34. The van der Waals surface area contributed by atoms with Gasteiger partial charge in [0.2, 0.25) is 5.95 Å². The summed E-state index contributed by atoms with van der Waals surface area (Å²) < 4.78 is 4.72. The maximum absolute atomic E-state index is 5.50. The Morgan fingerprint density at radius 1 is 0.306 bits per heavy atom. The van der Waals surface area contributed by atoms with Crippen molar-refractivity contribution in [1.29, 1.82) is 0 Å². The van der Waals surface area contributed by atoms with E-state index in [0.29, 0.717) is 5.95 Å². The molecule has 0 saturated carbocycles. The van der Waals surface area contributed by atoms with Crippen LogP contribution in [0.1, 0.15) is 0 Å². The van der Waals surface area contributed by atoms with Gasteiger partial charge in [0.1, 0.15) is 0 Å². The molecule has 3 aromatic heterocycles. The van der Waals surface area contributed by atoms with Crippen molar-refractivity contribution in [3.8, 4) is 45.1 Å². The van der Waals surface area contributed by atoms with Crippen LogP contribution in [0.2, 0.25) is 0 Å². The van der Waals surface area contributed by atoms with Crippen molar-refractivity contribution in [2.75, 3.05) is 0 Å². The lowest BCUT2D eigenvalue weighted by atomic mass is 9.90. The van der Waals surface area contributed by atoms with Gasteiger partial charge in [0, 0.05) is 43.6 Å². The van der Waals surface area contributed by atoms with Gasteiger partial charge in [-0.1, -0.05) is 176 Å². The SMILES string of the molecule is c1ccc(-c2ccc(-c3nc(-n4c5ccccc5c5c6ccccc6c(-c6cc7c8ccccc8n(-c8ccccc8)c7c7ccccc67)cc54)nc4ccccc34)cc2)cc1. The van der Waals surface area contributed by atoms with Crippen LogP contribution in [0.25, 0.3) is 121 Å². The Morgan fingerprint density at radius 3 is 1.56 bits per heavy atom. The summed E-state index contributed by atoms with van der Waals surface area (Å²) in [5.41, 5.74) is 13.3. The molecular formula is C58H36N4. The number of rotatable bonds is 5. The molecule has 0 radical (unpaired) electrons. The van der Waals surface area contributed by atoms with Crippen LogP contribution in [0.15, 0.2) is 218 Å². The minimum atomic E-state index is 0.643. The summed E-state index contributed by atoms with van der Waals surface area (Å²) in [7, 11) is 0. The first-order valence-electron chi connectivity index (χ1n) is 21.2. The van der Waals surface area contributed by atoms with Crippen molar-refractivity contribution >= 4 is 76.1 Å². The number of nitrogens with zero attached hydrogens (tertiary/aromatic N) is 4. The van der Waals surface area contributed by atoms with Gasteiger partial charge in [-0.3, -0.25) is 4.57 Å². The Bertz CT molecular complexity index is 3900. The van der Waals surface area contributed by atoms with Gasteiger partial charge >= 0.3 is 0 Å². The van der Waals surface area contributed by atoms with Crippen molar-refractivity contribution in [1.82, 2.24) is 19.1 Å². The van der Waals surface area contributed by atoms with Crippen LogP contribution in [-0.2, 0) is 0 Å². The Kier molecular flexibility index (Phi) is 7.57. The van der Waals surface area contributed by atoms with Crippen LogP contribution >= 0.6 is 0 Å². The number of hydrogen-bond acceptors (Lipinski definition) is 2. The molecule has 0 bridgehead atoms. The third-order valence-electron chi connectivity index (χ3n) is 12.7. The van der Waals surface area contributed by atoms with Crippen LogP contribution in [-0.4, -0.2) is 19.1 Å². The molecule has 13 rings (SSSR count). The van der Waals surface area contributed by atoms with E-state index in [2.05, 4.69) is 228 Å². The quantitative estimate of drug-likeness (QED) is 0.174. The zero-order chi connectivity index (χ0) is 40.7. The number of aromatic nitrogens is 4. The molecule has 0 saturated heterocycles. The zero-order valence-corrected chi connectivity index (χ0v) is 33.6. The first-order valence-corrected chi connectivity index (χ1v) is 21.2. The van der Waals surface area contributed by atoms with Crippen molar-refractivity contribution < 1.29 is 0 Å². The maximum atomic E-state index is 5.50. The van der Waals surface area contributed by atoms with Crippen LogP contribution in [0, 0.1) is 0 Å². The highest BCUT2D eigenvalue weighted by Gasteiger charge is 2.23. The Morgan fingerprint density at radius 2 is 0.823 bits per heavy atom. The van der Waals surface area contributed by atoms with Crippen LogP contribution < -0.4 is 0 Å². The Labute approximate surface area is 357 Å². The van der Waals surface area contributed by atoms with E-state index in [0.717, 1.165) is 38.9 Å². The third kappa shape index (κ3) is 5.14. The maximum Gasteiger partial charge on any atom is 0.235 e. The summed E-state index contributed by atoms with van der Waals surface area (Å²) in [6.07, 6.45) is 0. The minimum absolute atomic E-state index is 0.643. The van der Waals surface area contributed by atoms with Crippen molar-refractivity contribution in [3.63, 3.8) is 0 Å². The predicted molar refractivity (Wildman–Crippen MR) is 260 cm³/mol. The van der Waals surface area contributed by atoms with E-state index >= 15 is 0 Å². The highest BCUT2D eigenvalue weighted by atomic mass is 15.2. The normalized spacial score (nSPS) is 11.9. The van der Waals surface area contributed by atoms with Gasteiger partial charge in [0.25, 0.3) is 0 Å². The highest BCUT2D eigenvalue weighted by Crippen LogP contribution is 2.46. The predicted octanol–water partition coefficient (Wildman–Crippen LogP) is 15.1. The summed E-state index contributed by atoms with van der Waals surface area (Å²) in [6, 6.07) is 78.5. The molecule has 0 atom stereocenters. The van der Waals surface area contributed by atoms with E-state index in [1.807, 2.05) is 0 Å². The molecule has 10 aromatic carbocycles. The Balaban J connectivity index is 1.11. The van der Waals surface area contributed by atoms with Crippen LogP contribution in [0.4, 0.5) is 0 Å². The van der Waals surface area contributed by atoms with Crippen molar-refractivity contribution in [2.45, 2.75) is 0 Å². The van der Waals surface area contributed by atoms with E-state index in [1.165, 1.54) is 76.4 Å². The second-order valence-corrected chi connectivity index (χ2v) is 16.1. The first kappa shape index (κ1) is 34.5. The summed E-state index contributed by atoms with van der Waals surface area (Å²) in [5.74, 6) is 0.643. The van der Waals surface area contributed by atoms with E-state index < -0.39 is 0 Å². The molecular weight excluding hydrogens is 753 g/mol. The lowest BCUT2D eigenvalue weighted by Gasteiger charge is -2.16. The smallest absolute Gasteiger partial charge is 0.235 e. The molecule has 62 heavy (non-hydrogen) atoms. The molecule has 288 valence electrons. The molecule has 0 fully saturated rings. The molecule has 13 aromatic rings. The molecule has 0 aliphatic rings. The fourth-order valence-corrected chi connectivity index (χ4v) is 9.99. The fourth-order valence-electron chi connectivity index (χ4n) is 9.99. The molecule has 0 N–H and O–H groups in total. The summed E-state index contributed by atoms with van der Waals surface area (Å²) in [5, 5.41) is 10.7. The standard InChI is InChI=1S/C58H36N4/c1-3-17-37(18-4-1)38-31-33-39(34-32-38)56-46-26-11-14-28-51(46)59-58(60-56)62-53-30-16-13-27-47(53)55-44-24-9-7-21-41(44)49(36-54(55)62)48-35-50-43-23-12-15-29-52(43)61(40-19-5-2-6-20-40)57(50)45-25-10-8-22-42(45)48/h1-36H. The van der Waals surface area contributed by atoms with Crippen LogP contribution in [0.5, 0.6) is 0 Å². The van der Waals surface area contributed by atoms with E-state index in [4.69, 9.17) is 9.97 Å². The monoisotopic (exact) mass is 788 g/mol. The lowest BCUT2D eigenvalue weighted by Crippen LogP contribution is -2.03. The molecule has 4 nitrogen and oxygen atoms in total. The molecule has 3 heterocycles. The number of fused-ring (bicyclic) bond motifs is 11. The lowest BCUT2D eigenvalue weighted by molar-refractivity contribution is 1.01. The van der Waals surface area contributed by atoms with Gasteiger partial charge in [-0.25, -0.2) is 9.97 Å². The number of benzene rings is 10. The van der Waals surface area contributed by atoms with Gasteiger partial charge in [-0.05, 0) is 80.9 Å². The fraction of sp³-hybridized carbons (Fsp3) is 0. The summed E-state index contributed by atoms with van der Waals surface area (Å²) >= 11 is 0. The van der Waals surface area contributed by atoms with E-state index in [-0.39, 0.29) is 0 Å². The van der Waals surface area contributed by atoms with Crippen LogP contribution in [0.3, 0.4) is 0 Å². The first-order chi connectivity index (χ1) is 30.8. The molecule has 0 unspecified atom stereocenters. The largest absolute Gasteiger partial charge is 0.309 e. The highest BCUT2D eigenvalue weighted by molar-refractivity contribution is 6.27. The topological polar surface area (TPSA) is 35.6 Å². The van der Waals surface area contributed by atoms with Gasteiger partial charge in [-0.2, -0.15) is 0 Å². The van der Waals surface area contributed by atoms with E-state index in [1.54, 1.807) is 0 Å². The van der Waals surface area contributed by atoms with Gasteiger partial charge < -0.3 is 4.57 Å². The third-order valence-corrected chi connectivity index (χ3v) is 12.7. The molecule has 4 heteroatoms. The van der Waals surface area contributed by atoms with Gasteiger partial charge in [-0.15, -0.1) is 0 Å². The molecule has 0 amide bonds. The van der Waals surface area contributed by atoms with Crippen molar-refractivity contribution in [2.24, 2.45) is 0 Å². The summed E-state index contributed by atoms with van der Waals surface area (Å²) in [6.45, 7) is 0. The average Bonchev–Trinajstić information content (AvgIpc) is 3.87. The zero-order valence-electron chi connectivity index (χ0n) is 33.6. The molecule has 0 spiro atoms. The summed E-state index contributed by atoms with van der Waals surface area (Å²) in [4.78, 5) is 10.9. The minimum Gasteiger partial charge on any atom is -0.309 e. The van der Waals surface area contributed by atoms with Gasteiger partial charge in [0.15, 0.2) is 0 Å². The molecule has 0 aliphatic carbocycles. The second-order valence-electron chi connectivity index (χ2n) is 16.1. The van der Waals surface area contributed by atoms with Gasteiger partial charge in [0.05, 0.1) is 33.3 Å². The van der Waals surface area contributed by atoms with E-state index in [9.17, 15) is 0 Å².